The lowest BCUT2D eigenvalue weighted by Gasteiger charge is -2.41. The van der Waals surface area contributed by atoms with Crippen LogP contribution in [0.25, 0.3) is 0 Å². The molecule has 3 atom stereocenters. The molecule has 0 heterocycles. The van der Waals surface area contributed by atoms with Crippen LogP contribution in [0, 0.1) is 5.92 Å². The van der Waals surface area contributed by atoms with E-state index in [2.05, 4.69) is 62.2 Å². The number of aromatic carboxylic acids is 1. The summed E-state index contributed by atoms with van der Waals surface area (Å²) in [6.07, 6.45) is 11.1. The van der Waals surface area contributed by atoms with Gasteiger partial charge in [-0.2, -0.15) is 0 Å². The average Bonchev–Trinajstić information content (AvgIpc) is 2.94. The Balaban J connectivity index is 1.84. The predicted molar refractivity (Wildman–Crippen MR) is 167 cm³/mol. The second-order valence-electron chi connectivity index (χ2n) is 12.4. The van der Waals surface area contributed by atoms with Crippen molar-refractivity contribution in [2.45, 2.75) is 89.3 Å². The van der Waals surface area contributed by atoms with Gasteiger partial charge in [0, 0.05) is 17.8 Å². The molecule has 6 heteroatoms. The highest BCUT2D eigenvalue weighted by Crippen LogP contribution is 2.39. The van der Waals surface area contributed by atoms with Gasteiger partial charge in [0.05, 0.1) is 17.7 Å². The summed E-state index contributed by atoms with van der Waals surface area (Å²) in [5.41, 5.74) is 3.26. The Hall–Kier alpha value is -3.22. The van der Waals surface area contributed by atoms with E-state index in [0.29, 0.717) is 18.7 Å². The van der Waals surface area contributed by atoms with Gasteiger partial charge < -0.3 is 20.8 Å². The van der Waals surface area contributed by atoms with Crippen molar-refractivity contribution in [1.82, 2.24) is 5.32 Å². The van der Waals surface area contributed by atoms with Gasteiger partial charge in [-0.3, -0.25) is 0 Å². The third-order valence-electron chi connectivity index (χ3n) is 8.05. The standard InChI is InChI=1S/C35H47FN2O3/c1-6-7-14-29(36)21-25(2)22-31(38-30-17-15-26(16-18-30)33(40)41)32(39)24-37-35(19-9-8-10-20-35)28-13-11-12-27(23-28)34(3,4)5/h6-7,11-18,21,23,25,31-32,37-39H,1,8-10,19-20,22,24H2,2-5H3,(H,40,41)/b14-7-,29-21+. The molecule has 1 aliphatic carbocycles. The summed E-state index contributed by atoms with van der Waals surface area (Å²) in [4.78, 5) is 11.3. The molecule has 5 nitrogen and oxygen atoms in total. The molecular weight excluding hydrogens is 515 g/mol. The Morgan fingerprint density at radius 3 is 2.41 bits per heavy atom. The van der Waals surface area contributed by atoms with Gasteiger partial charge in [-0.25, -0.2) is 9.18 Å². The van der Waals surface area contributed by atoms with Crippen molar-refractivity contribution < 1.29 is 19.4 Å². The van der Waals surface area contributed by atoms with Gasteiger partial charge in [-0.05, 0) is 78.1 Å². The molecule has 3 unspecified atom stereocenters. The minimum atomic E-state index is -0.993. The van der Waals surface area contributed by atoms with Gasteiger partial charge in [-0.1, -0.05) is 90.0 Å². The third kappa shape index (κ3) is 9.40. The quantitative estimate of drug-likeness (QED) is 0.187. The highest BCUT2D eigenvalue weighted by Gasteiger charge is 2.35. The average molecular weight is 563 g/mol. The summed E-state index contributed by atoms with van der Waals surface area (Å²) in [7, 11) is 0. The van der Waals surface area contributed by atoms with Crippen molar-refractivity contribution in [3.05, 3.63) is 102 Å². The Morgan fingerprint density at radius 2 is 1.80 bits per heavy atom. The smallest absolute Gasteiger partial charge is 0.335 e. The summed E-state index contributed by atoms with van der Waals surface area (Å²) < 4.78 is 14.4. The number of hydrogen-bond acceptors (Lipinski definition) is 4. The lowest BCUT2D eigenvalue weighted by molar-refractivity contribution is 0.0697. The second kappa shape index (κ2) is 14.6. The lowest BCUT2D eigenvalue weighted by Crippen LogP contribution is -2.50. The topological polar surface area (TPSA) is 81.6 Å². The van der Waals surface area contributed by atoms with E-state index in [0.717, 1.165) is 25.7 Å². The van der Waals surface area contributed by atoms with E-state index in [9.17, 15) is 19.4 Å². The Kier molecular flexibility index (Phi) is 11.5. The van der Waals surface area contributed by atoms with Crippen LogP contribution in [-0.2, 0) is 11.0 Å². The molecule has 2 aromatic carbocycles. The van der Waals surface area contributed by atoms with Crippen LogP contribution in [0.5, 0.6) is 0 Å². The van der Waals surface area contributed by atoms with Crippen molar-refractivity contribution in [2.75, 3.05) is 11.9 Å². The highest BCUT2D eigenvalue weighted by atomic mass is 19.1. The third-order valence-corrected chi connectivity index (χ3v) is 8.05. The van der Waals surface area contributed by atoms with E-state index in [-0.39, 0.29) is 28.3 Å². The zero-order valence-electron chi connectivity index (χ0n) is 25.0. The van der Waals surface area contributed by atoms with Gasteiger partial charge in [0.15, 0.2) is 0 Å². The number of allylic oxidation sites excluding steroid dienone is 5. The number of carbonyl (C=O) groups is 1. The number of nitrogens with one attached hydrogen (secondary N) is 2. The maximum atomic E-state index is 14.4. The molecule has 0 amide bonds. The zero-order valence-corrected chi connectivity index (χ0v) is 25.0. The minimum Gasteiger partial charge on any atom is -0.478 e. The molecule has 3 rings (SSSR count). The van der Waals surface area contributed by atoms with Crippen LogP contribution in [0.2, 0.25) is 0 Å². The van der Waals surface area contributed by atoms with Crippen LogP contribution in [-0.4, -0.2) is 34.9 Å². The van der Waals surface area contributed by atoms with Crippen molar-refractivity contribution in [1.29, 1.82) is 0 Å². The molecule has 222 valence electrons. The van der Waals surface area contributed by atoms with Crippen molar-refractivity contribution >= 4 is 11.7 Å². The first kappa shape index (κ1) is 32.3. The number of benzene rings is 2. The zero-order chi connectivity index (χ0) is 30.0. The first-order valence-electron chi connectivity index (χ1n) is 14.7. The Labute approximate surface area is 245 Å². The number of rotatable bonds is 13. The number of halogens is 1. The number of hydrogen-bond donors (Lipinski definition) is 4. The van der Waals surface area contributed by atoms with E-state index in [4.69, 9.17) is 0 Å². The molecule has 0 aliphatic heterocycles. The largest absolute Gasteiger partial charge is 0.478 e. The fraction of sp³-hybridized carbons (Fsp3) is 0.457. The molecule has 1 saturated carbocycles. The van der Waals surface area contributed by atoms with Gasteiger partial charge in [0.25, 0.3) is 0 Å². The van der Waals surface area contributed by atoms with Crippen LogP contribution >= 0.6 is 0 Å². The lowest BCUT2D eigenvalue weighted by atomic mass is 9.74. The summed E-state index contributed by atoms with van der Waals surface area (Å²) in [6, 6.07) is 14.9. The maximum Gasteiger partial charge on any atom is 0.335 e. The number of carboxylic acid groups (broad SMARTS) is 1. The molecular formula is C35H47FN2O3. The molecule has 1 fully saturated rings. The van der Waals surface area contributed by atoms with E-state index >= 15 is 0 Å². The van der Waals surface area contributed by atoms with Crippen LogP contribution < -0.4 is 10.6 Å². The fourth-order valence-electron chi connectivity index (χ4n) is 5.64. The van der Waals surface area contributed by atoms with Gasteiger partial charge in [-0.15, -0.1) is 0 Å². The van der Waals surface area contributed by atoms with Crippen molar-refractivity contribution in [3.8, 4) is 0 Å². The number of carboxylic acids is 1. The number of aliphatic hydroxyl groups excluding tert-OH is 1. The monoisotopic (exact) mass is 562 g/mol. The maximum absolute atomic E-state index is 14.4. The second-order valence-corrected chi connectivity index (χ2v) is 12.4. The van der Waals surface area contributed by atoms with E-state index in [1.807, 2.05) is 6.92 Å². The summed E-state index contributed by atoms with van der Waals surface area (Å²) in [5.74, 6) is -1.51. The van der Waals surface area contributed by atoms with Gasteiger partial charge >= 0.3 is 5.97 Å². The van der Waals surface area contributed by atoms with Crippen molar-refractivity contribution in [3.63, 3.8) is 0 Å². The number of anilines is 1. The highest BCUT2D eigenvalue weighted by molar-refractivity contribution is 5.88. The van der Waals surface area contributed by atoms with Gasteiger partial charge in [0.1, 0.15) is 5.83 Å². The molecule has 0 spiro atoms. The SMILES string of the molecule is C=C/C=C\C(F)=C/C(C)CC(Nc1ccc(C(=O)O)cc1)C(O)CNC1(c2cccc(C(C)(C)C)c2)CCCCC1. The molecule has 0 aromatic heterocycles. The molecule has 41 heavy (non-hydrogen) atoms. The summed E-state index contributed by atoms with van der Waals surface area (Å²) in [6.45, 7) is 12.5. The molecule has 0 radical (unpaired) electrons. The fourth-order valence-corrected chi connectivity index (χ4v) is 5.64. The Bertz CT molecular complexity index is 1210. The molecule has 2 aromatic rings. The summed E-state index contributed by atoms with van der Waals surface area (Å²) in [5, 5.41) is 28.0. The molecule has 0 bridgehead atoms. The first-order valence-corrected chi connectivity index (χ1v) is 14.7. The molecule has 0 saturated heterocycles. The number of aliphatic hydroxyl groups is 1. The van der Waals surface area contributed by atoms with E-state index in [1.54, 1.807) is 24.3 Å². The minimum absolute atomic E-state index is 0.0381. The van der Waals surface area contributed by atoms with Crippen LogP contribution in [0.15, 0.2) is 85.2 Å². The summed E-state index contributed by atoms with van der Waals surface area (Å²) >= 11 is 0. The molecule has 1 aliphatic rings. The Morgan fingerprint density at radius 1 is 1.12 bits per heavy atom. The van der Waals surface area contributed by atoms with Crippen LogP contribution in [0.1, 0.15) is 87.7 Å². The van der Waals surface area contributed by atoms with E-state index < -0.39 is 18.1 Å². The van der Waals surface area contributed by atoms with Crippen molar-refractivity contribution in [2.24, 2.45) is 5.92 Å². The van der Waals surface area contributed by atoms with Crippen LogP contribution in [0.4, 0.5) is 10.1 Å². The predicted octanol–water partition coefficient (Wildman–Crippen LogP) is 7.89. The van der Waals surface area contributed by atoms with E-state index in [1.165, 1.54) is 41.8 Å². The first-order chi connectivity index (χ1) is 19.4. The van der Waals surface area contributed by atoms with Crippen LogP contribution in [0.3, 0.4) is 0 Å². The normalized spacial score (nSPS) is 18.0. The van der Waals surface area contributed by atoms with Gasteiger partial charge in [0.2, 0.25) is 0 Å². The molecule has 4 N–H and O–H groups in total.